The number of amides is 1. The number of carbonyl (C=O) groups excluding carboxylic acids is 1. The molecule has 0 saturated heterocycles. The molecule has 0 aliphatic heterocycles. The number of benzene rings is 1. The highest BCUT2D eigenvalue weighted by molar-refractivity contribution is 7.15. The van der Waals surface area contributed by atoms with Gasteiger partial charge in [-0.2, -0.15) is 5.26 Å². The number of nitrogens with zero attached hydrogens (tertiary/aromatic N) is 2. The zero-order valence-electron chi connectivity index (χ0n) is 11.6. The summed E-state index contributed by atoms with van der Waals surface area (Å²) in [4.78, 5) is 16.8. The highest BCUT2D eigenvalue weighted by atomic mass is 32.1. The Morgan fingerprint density at radius 3 is 2.81 bits per heavy atom. The molecule has 1 N–H and O–H groups in total. The van der Waals surface area contributed by atoms with Gasteiger partial charge in [-0.05, 0) is 37.6 Å². The van der Waals surface area contributed by atoms with Crippen LogP contribution >= 0.6 is 11.3 Å². The van der Waals surface area contributed by atoms with Crippen LogP contribution < -0.4 is 10.1 Å². The normalized spacial score (nSPS) is 9.90. The molecular weight excluding hydrogens is 286 g/mol. The highest BCUT2D eigenvalue weighted by Crippen LogP contribution is 2.17. The summed E-state index contributed by atoms with van der Waals surface area (Å²) in [5.41, 5.74) is 0.598. The molecule has 0 aliphatic rings. The zero-order valence-corrected chi connectivity index (χ0v) is 12.4. The second-order valence-corrected chi connectivity index (χ2v) is 5.65. The van der Waals surface area contributed by atoms with E-state index in [1.165, 1.54) is 11.3 Å². The fraction of sp³-hybridized carbons (Fsp3) is 0.267. The first kappa shape index (κ1) is 15.0. The van der Waals surface area contributed by atoms with Crippen LogP contribution in [0.25, 0.3) is 0 Å². The van der Waals surface area contributed by atoms with Crippen LogP contribution in [0.2, 0.25) is 0 Å². The van der Waals surface area contributed by atoms with E-state index in [4.69, 9.17) is 10.00 Å². The minimum atomic E-state index is -0.0622. The van der Waals surface area contributed by atoms with Crippen LogP contribution in [0.3, 0.4) is 0 Å². The van der Waals surface area contributed by atoms with E-state index in [1.807, 2.05) is 13.0 Å². The van der Waals surface area contributed by atoms with Gasteiger partial charge in [0.15, 0.2) is 5.13 Å². The predicted molar refractivity (Wildman–Crippen MR) is 81.4 cm³/mol. The number of carbonyl (C=O) groups is 1. The largest absolute Gasteiger partial charge is 0.494 e. The molecule has 0 aliphatic carbocycles. The van der Waals surface area contributed by atoms with E-state index in [0.717, 1.165) is 4.88 Å². The third-order valence-electron chi connectivity index (χ3n) is 2.67. The van der Waals surface area contributed by atoms with Crippen LogP contribution in [0.1, 0.15) is 23.3 Å². The molecule has 108 valence electrons. The molecule has 0 bridgehead atoms. The lowest BCUT2D eigenvalue weighted by molar-refractivity contribution is -0.116. The summed E-state index contributed by atoms with van der Waals surface area (Å²) in [7, 11) is 0. The first-order valence-electron chi connectivity index (χ1n) is 6.52. The summed E-state index contributed by atoms with van der Waals surface area (Å²) in [6.45, 7) is 2.40. The standard InChI is InChI=1S/C15H15N3O2S/c1-11-10-17-15(21-11)18-14(19)3-2-8-20-13-6-4-12(9-16)5-7-13/h4-7,10H,2-3,8H2,1H3,(H,17,18,19). The summed E-state index contributed by atoms with van der Waals surface area (Å²) in [5.74, 6) is 0.637. The lowest BCUT2D eigenvalue weighted by Crippen LogP contribution is -2.12. The number of rotatable bonds is 6. The average molecular weight is 301 g/mol. The molecule has 6 heteroatoms. The van der Waals surface area contributed by atoms with Gasteiger partial charge in [0.25, 0.3) is 0 Å². The number of hydrogen-bond donors (Lipinski definition) is 1. The number of hydrogen-bond acceptors (Lipinski definition) is 5. The summed E-state index contributed by atoms with van der Waals surface area (Å²) in [6, 6.07) is 8.94. The predicted octanol–water partition coefficient (Wildman–Crippen LogP) is 3.12. The highest BCUT2D eigenvalue weighted by Gasteiger charge is 2.05. The lowest BCUT2D eigenvalue weighted by atomic mass is 10.2. The molecule has 0 fully saturated rings. The molecule has 0 atom stereocenters. The smallest absolute Gasteiger partial charge is 0.226 e. The van der Waals surface area contributed by atoms with Crippen molar-refractivity contribution >= 4 is 22.4 Å². The fourth-order valence-electron chi connectivity index (χ4n) is 1.64. The maximum absolute atomic E-state index is 11.7. The number of thiazole rings is 1. The summed E-state index contributed by atoms with van der Waals surface area (Å²) >= 11 is 1.45. The number of anilines is 1. The van der Waals surface area contributed by atoms with E-state index < -0.39 is 0 Å². The van der Waals surface area contributed by atoms with Crippen LogP contribution in [0, 0.1) is 18.3 Å². The Labute approximate surface area is 127 Å². The Bertz CT molecular complexity index is 644. The molecule has 1 aromatic carbocycles. The number of nitrogens with one attached hydrogen (secondary N) is 1. The van der Waals surface area contributed by atoms with Crippen molar-refractivity contribution < 1.29 is 9.53 Å². The molecule has 1 aromatic heterocycles. The molecule has 1 amide bonds. The third kappa shape index (κ3) is 4.89. The van der Waals surface area contributed by atoms with Crippen molar-refractivity contribution in [1.29, 1.82) is 5.26 Å². The Balaban J connectivity index is 1.67. The van der Waals surface area contributed by atoms with Gasteiger partial charge in [0.2, 0.25) is 5.91 Å². The van der Waals surface area contributed by atoms with E-state index in [2.05, 4.69) is 10.3 Å². The van der Waals surface area contributed by atoms with Crippen molar-refractivity contribution in [3.8, 4) is 11.8 Å². The molecule has 2 rings (SSSR count). The van der Waals surface area contributed by atoms with Crippen molar-refractivity contribution in [2.75, 3.05) is 11.9 Å². The molecule has 2 aromatic rings. The van der Waals surface area contributed by atoms with Crippen LogP contribution in [0.5, 0.6) is 5.75 Å². The van der Waals surface area contributed by atoms with Crippen molar-refractivity contribution in [2.45, 2.75) is 19.8 Å². The molecule has 0 saturated carbocycles. The number of aryl methyl sites for hydroxylation is 1. The monoisotopic (exact) mass is 301 g/mol. The molecule has 0 radical (unpaired) electrons. The van der Waals surface area contributed by atoms with E-state index in [-0.39, 0.29) is 5.91 Å². The quantitative estimate of drug-likeness (QED) is 0.832. The summed E-state index contributed by atoms with van der Waals surface area (Å²) in [5, 5.41) is 12.1. The summed E-state index contributed by atoms with van der Waals surface area (Å²) < 4.78 is 5.51. The van der Waals surface area contributed by atoms with Gasteiger partial charge >= 0.3 is 0 Å². The molecule has 0 spiro atoms. The Morgan fingerprint density at radius 2 is 2.19 bits per heavy atom. The Kier molecular flexibility index (Phi) is 5.29. The van der Waals surface area contributed by atoms with Gasteiger partial charge in [0.05, 0.1) is 18.2 Å². The lowest BCUT2D eigenvalue weighted by Gasteiger charge is -2.06. The van der Waals surface area contributed by atoms with Gasteiger partial charge in [-0.15, -0.1) is 11.3 Å². The van der Waals surface area contributed by atoms with Crippen molar-refractivity contribution in [1.82, 2.24) is 4.98 Å². The number of aromatic nitrogens is 1. The molecule has 5 nitrogen and oxygen atoms in total. The fourth-order valence-corrected chi connectivity index (χ4v) is 2.32. The van der Waals surface area contributed by atoms with E-state index >= 15 is 0 Å². The molecule has 0 unspecified atom stereocenters. The van der Waals surface area contributed by atoms with Gasteiger partial charge in [-0.25, -0.2) is 4.98 Å². The zero-order chi connectivity index (χ0) is 15.1. The number of nitriles is 1. The van der Waals surface area contributed by atoms with Gasteiger partial charge in [0.1, 0.15) is 5.75 Å². The second kappa shape index (κ2) is 7.41. The molecular formula is C15H15N3O2S. The van der Waals surface area contributed by atoms with Crippen molar-refractivity contribution in [2.24, 2.45) is 0 Å². The maximum Gasteiger partial charge on any atom is 0.226 e. The topological polar surface area (TPSA) is 75.0 Å². The maximum atomic E-state index is 11.7. The minimum Gasteiger partial charge on any atom is -0.494 e. The SMILES string of the molecule is Cc1cnc(NC(=O)CCCOc2ccc(C#N)cc2)s1. The average Bonchev–Trinajstić information content (AvgIpc) is 2.89. The van der Waals surface area contributed by atoms with Crippen LogP contribution in [-0.4, -0.2) is 17.5 Å². The van der Waals surface area contributed by atoms with Crippen LogP contribution in [0.4, 0.5) is 5.13 Å². The minimum absolute atomic E-state index is 0.0622. The van der Waals surface area contributed by atoms with Gasteiger partial charge in [-0.3, -0.25) is 4.79 Å². The molecule has 1 heterocycles. The summed E-state index contributed by atoms with van der Waals surface area (Å²) in [6.07, 6.45) is 2.74. The van der Waals surface area contributed by atoms with Gasteiger partial charge in [0, 0.05) is 17.5 Å². The van der Waals surface area contributed by atoms with Crippen LogP contribution in [0.15, 0.2) is 30.5 Å². The third-order valence-corrected chi connectivity index (χ3v) is 3.50. The van der Waals surface area contributed by atoms with Crippen molar-refractivity contribution in [3.05, 3.63) is 40.9 Å². The second-order valence-electron chi connectivity index (χ2n) is 4.41. The Morgan fingerprint density at radius 1 is 1.43 bits per heavy atom. The number of ether oxygens (including phenoxy) is 1. The van der Waals surface area contributed by atoms with Crippen LogP contribution in [-0.2, 0) is 4.79 Å². The van der Waals surface area contributed by atoms with E-state index in [9.17, 15) is 4.79 Å². The van der Waals surface area contributed by atoms with Crippen molar-refractivity contribution in [3.63, 3.8) is 0 Å². The first-order valence-corrected chi connectivity index (χ1v) is 7.34. The van der Waals surface area contributed by atoms with Gasteiger partial charge < -0.3 is 10.1 Å². The first-order chi connectivity index (χ1) is 10.2. The van der Waals surface area contributed by atoms with E-state index in [0.29, 0.717) is 35.9 Å². The van der Waals surface area contributed by atoms with E-state index in [1.54, 1.807) is 30.5 Å². The Hall–Kier alpha value is -2.39. The van der Waals surface area contributed by atoms with Gasteiger partial charge in [-0.1, -0.05) is 0 Å². The molecule has 21 heavy (non-hydrogen) atoms.